The van der Waals surface area contributed by atoms with Crippen LogP contribution < -0.4 is 0 Å². The Kier molecular flexibility index (Phi) is 3.06. The van der Waals surface area contributed by atoms with Gasteiger partial charge in [0.05, 0.1) is 18.6 Å². The molecule has 0 amide bonds. The molecule has 2 aliphatic rings. The Bertz CT molecular complexity index is 215. The van der Waals surface area contributed by atoms with Crippen molar-refractivity contribution in [2.45, 2.75) is 38.7 Å². The van der Waals surface area contributed by atoms with Gasteiger partial charge in [-0.25, -0.2) is 0 Å². The highest BCUT2D eigenvalue weighted by Gasteiger charge is 2.41. The van der Waals surface area contributed by atoms with Crippen LogP contribution in [0.25, 0.3) is 0 Å². The fourth-order valence-electron chi connectivity index (χ4n) is 2.72. The van der Waals surface area contributed by atoms with Crippen LogP contribution in [-0.2, 0) is 14.3 Å². The van der Waals surface area contributed by atoms with Gasteiger partial charge in [0.1, 0.15) is 0 Å². The smallest absolute Gasteiger partial charge is 0.309 e. The summed E-state index contributed by atoms with van der Waals surface area (Å²) in [6.07, 6.45) is 4.58. The average molecular weight is 198 g/mol. The number of hydrogen-bond acceptors (Lipinski definition) is 3. The lowest BCUT2D eigenvalue weighted by Gasteiger charge is -2.30. The third-order valence-electron chi connectivity index (χ3n) is 3.37. The van der Waals surface area contributed by atoms with Gasteiger partial charge in [0.15, 0.2) is 0 Å². The second kappa shape index (κ2) is 4.30. The SMILES string of the molecule is CCOC(=O)[C@@H]1CCC[C@H]2OCC[C@@H]21. The first-order valence-electron chi connectivity index (χ1n) is 5.61. The van der Waals surface area contributed by atoms with Gasteiger partial charge in [-0.3, -0.25) is 4.79 Å². The van der Waals surface area contributed by atoms with Crippen LogP contribution in [0, 0.1) is 11.8 Å². The summed E-state index contributed by atoms with van der Waals surface area (Å²) in [7, 11) is 0. The number of carbonyl (C=O) groups is 1. The van der Waals surface area contributed by atoms with E-state index in [2.05, 4.69) is 0 Å². The van der Waals surface area contributed by atoms with E-state index in [4.69, 9.17) is 9.47 Å². The Balaban J connectivity index is 1.99. The Morgan fingerprint density at radius 2 is 2.29 bits per heavy atom. The van der Waals surface area contributed by atoms with Gasteiger partial charge >= 0.3 is 5.97 Å². The maximum Gasteiger partial charge on any atom is 0.309 e. The highest BCUT2D eigenvalue weighted by atomic mass is 16.5. The van der Waals surface area contributed by atoms with E-state index in [1.165, 1.54) is 0 Å². The van der Waals surface area contributed by atoms with Gasteiger partial charge in [0.2, 0.25) is 0 Å². The van der Waals surface area contributed by atoms with Crippen molar-refractivity contribution in [1.82, 2.24) is 0 Å². The van der Waals surface area contributed by atoms with Crippen molar-refractivity contribution in [3.8, 4) is 0 Å². The maximum atomic E-state index is 11.7. The predicted octanol–water partition coefficient (Wildman–Crippen LogP) is 1.75. The van der Waals surface area contributed by atoms with Gasteiger partial charge in [0, 0.05) is 12.5 Å². The fourth-order valence-corrected chi connectivity index (χ4v) is 2.72. The molecule has 0 aromatic heterocycles. The van der Waals surface area contributed by atoms with Crippen molar-refractivity contribution >= 4 is 5.97 Å². The van der Waals surface area contributed by atoms with Gasteiger partial charge in [-0.05, 0) is 32.6 Å². The lowest BCUT2D eigenvalue weighted by Crippen LogP contribution is -2.35. The van der Waals surface area contributed by atoms with Crippen LogP contribution in [0.15, 0.2) is 0 Å². The van der Waals surface area contributed by atoms with E-state index >= 15 is 0 Å². The molecular weight excluding hydrogens is 180 g/mol. The Morgan fingerprint density at radius 3 is 3.07 bits per heavy atom. The minimum absolute atomic E-state index is 0.00676. The molecule has 3 heteroatoms. The largest absolute Gasteiger partial charge is 0.466 e. The van der Waals surface area contributed by atoms with E-state index in [9.17, 15) is 4.79 Å². The number of rotatable bonds is 2. The van der Waals surface area contributed by atoms with Crippen LogP contribution in [0.3, 0.4) is 0 Å². The number of hydrogen-bond donors (Lipinski definition) is 0. The molecule has 1 aliphatic carbocycles. The summed E-state index contributed by atoms with van der Waals surface area (Å²) < 4.78 is 10.7. The third-order valence-corrected chi connectivity index (χ3v) is 3.37. The molecule has 0 N–H and O–H groups in total. The van der Waals surface area contributed by atoms with Gasteiger partial charge in [-0.2, -0.15) is 0 Å². The zero-order chi connectivity index (χ0) is 9.97. The lowest BCUT2D eigenvalue weighted by molar-refractivity contribution is -0.152. The molecule has 1 aliphatic heterocycles. The highest BCUT2D eigenvalue weighted by molar-refractivity contribution is 5.73. The Morgan fingerprint density at radius 1 is 1.43 bits per heavy atom. The molecule has 2 rings (SSSR count). The molecule has 0 aromatic rings. The molecule has 0 radical (unpaired) electrons. The van der Waals surface area contributed by atoms with Crippen molar-refractivity contribution in [2.75, 3.05) is 13.2 Å². The number of fused-ring (bicyclic) bond motifs is 1. The quantitative estimate of drug-likeness (QED) is 0.634. The lowest BCUT2D eigenvalue weighted by atomic mass is 9.77. The molecule has 1 saturated heterocycles. The van der Waals surface area contributed by atoms with E-state index in [1.54, 1.807) is 0 Å². The number of carbonyl (C=O) groups excluding carboxylic acids is 1. The zero-order valence-electron chi connectivity index (χ0n) is 8.70. The molecule has 3 nitrogen and oxygen atoms in total. The summed E-state index contributed by atoms with van der Waals surface area (Å²) in [5.74, 6) is 0.534. The fraction of sp³-hybridized carbons (Fsp3) is 0.909. The molecule has 3 atom stereocenters. The Hall–Kier alpha value is -0.570. The second-order valence-electron chi connectivity index (χ2n) is 4.15. The van der Waals surface area contributed by atoms with E-state index < -0.39 is 0 Å². The third kappa shape index (κ3) is 1.78. The molecule has 1 heterocycles. The normalized spacial score (nSPS) is 36.5. The van der Waals surface area contributed by atoms with Crippen LogP contribution >= 0.6 is 0 Å². The van der Waals surface area contributed by atoms with Crippen LogP contribution in [0.1, 0.15) is 32.6 Å². The summed E-state index contributed by atoms with van der Waals surface area (Å²) in [4.78, 5) is 11.7. The summed E-state index contributed by atoms with van der Waals surface area (Å²) in [5.41, 5.74) is 0. The van der Waals surface area contributed by atoms with E-state index in [0.717, 1.165) is 32.3 Å². The van der Waals surface area contributed by atoms with Crippen LogP contribution in [0.5, 0.6) is 0 Å². The first kappa shape index (κ1) is 9.97. The van der Waals surface area contributed by atoms with Gasteiger partial charge < -0.3 is 9.47 Å². The topological polar surface area (TPSA) is 35.5 Å². The minimum Gasteiger partial charge on any atom is -0.466 e. The van der Waals surface area contributed by atoms with E-state index in [1.807, 2.05) is 6.92 Å². The molecule has 0 aromatic carbocycles. The van der Waals surface area contributed by atoms with Gasteiger partial charge in [-0.1, -0.05) is 0 Å². The van der Waals surface area contributed by atoms with Crippen molar-refractivity contribution in [2.24, 2.45) is 11.8 Å². The highest BCUT2D eigenvalue weighted by Crippen LogP contribution is 2.39. The molecule has 0 spiro atoms. The summed E-state index contributed by atoms with van der Waals surface area (Å²) >= 11 is 0. The molecule has 2 fully saturated rings. The molecule has 0 bridgehead atoms. The van der Waals surface area contributed by atoms with Crippen molar-refractivity contribution in [3.05, 3.63) is 0 Å². The molecule has 1 saturated carbocycles. The van der Waals surface area contributed by atoms with Crippen LogP contribution in [0.4, 0.5) is 0 Å². The van der Waals surface area contributed by atoms with Gasteiger partial charge in [-0.15, -0.1) is 0 Å². The van der Waals surface area contributed by atoms with E-state index in [0.29, 0.717) is 18.6 Å². The summed E-state index contributed by atoms with van der Waals surface area (Å²) in [6.45, 7) is 3.18. The maximum absolute atomic E-state index is 11.7. The molecular formula is C11H18O3. The second-order valence-corrected chi connectivity index (χ2v) is 4.15. The standard InChI is InChI=1S/C11H18O3/c1-2-13-11(12)9-4-3-5-10-8(9)6-7-14-10/h8-10H,2-7H2,1H3/t8-,9-,10-/m1/s1. The molecule has 14 heavy (non-hydrogen) atoms. The van der Waals surface area contributed by atoms with Crippen molar-refractivity contribution < 1.29 is 14.3 Å². The average Bonchev–Trinajstić information content (AvgIpc) is 2.65. The zero-order valence-corrected chi connectivity index (χ0v) is 8.70. The monoisotopic (exact) mass is 198 g/mol. The predicted molar refractivity (Wildman–Crippen MR) is 51.8 cm³/mol. The van der Waals surface area contributed by atoms with Crippen molar-refractivity contribution in [1.29, 1.82) is 0 Å². The van der Waals surface area contributed by atoms with E-state index in [-0.39, 0.29) is 11.9 Å². The summed E-state index contributed by atoms with van der Waals surface area (Å²) in [6, 6.07) is 0. The summed E-state index contributed by atoms with van der Waals surface area (Å²) in [5, 5.41) is 0. The number of esters is 1. The first-order valence-corrected chi connectivity index (χ1v) is 5.61. The van der Waals surface area contributed by atoms with Crippen LogP contribution in [-0.4, -0.2) is 25.3 Å². The van der Waals surface area contributed by atoms with Crippen molar-refractivity contribution in [3.63, 3.8) is 0 Å². The minimum atomic E-state index is -0.00676. The van der Waals surface area contributed by atoms with Gasteiger partial charge in [0.25, 0.3) is 0 Å². The number of ether oxygens (including phenoxy) is 2. The molecule has 80 valence electrons. The first-order chi connectivity index (χ1) is 6.83. The van der Waals surface area contributed by atoms with Crippen LogP contribution in [0.2, 0.25) is 0 Å². The Labute approximate surface area is 84.8 Å². The molecule has 0 unspecified atom stereocenters.